The third-order valence-electron chi connectivity index (χ3n) is 3.62. The number of guanidine groups is 1. The average molecular weight is 305 g/mol. The van der Waals surface area contributed by atoms with Gasteiger partial charge in [0.1, 0.15) is 0 Å². The maximum atomic E-state index is 5.03. The van der Waals surface area contributed by atoms with Crippen LogP contribution < -0.4 is 10.6 Å². The molecule has 0 spiro atoms. The number of ether oxygens (including phenoxy) is 1. The van der Waals surface area contributed by atoms with Crippen LogP contribution >= 0.6 is 0 Å². The van der Waals surface area contributed by atoms with E-state index in [9.17, 15) is 0 Å². The van der Waals surface area contributed by atoms with Crippen LogP contribution in [0.1, 0.15) is 43.7 Å². The molecule has 0 aliphatic rings. The maximum absolute atomic E-state index is 5.03. The molecule has 0 aliphatic carbocycles. The van der Waals surface area contributed by atoms with Gasteiger partial charge in [-0.2, -0.15) is 0 Å². The Balaban J connectivity index is 2.20. The third-order valence-corrected chi connectivity index (χ3v) is 3.62. The fraction of sp³-hybridized carbons (Fsp3) is 0.611. The van der Waals surface area contributed by atoms with Crippen LogP contribution in [0.2, 0.25) is 0 Å². The topological polar surface area (TPSA) is 45.7 Å². The highest BCUT2D eigenvalue weighted by Gasteiger charge is 2.00. The Bertz CT molecular complexity index is 426. The second-order valence-electron chi connectivity index (χ2n) is 5.77. The van der Waals surface area contributed by atoms with E-state index in [-0.39, 0.29) is 0 Å². The molecule has 4 nitrogen and oxygen atoms in total. The molecular weight excluding hydrogens is 274 g/mol. The molecule has 0 heterocycles. The van der Waals surface area contributed by atoms with Crippen LogP contribution in [0.4, 0.5) is 0 Å². The van der Waals surface area contributed by atoms with Crippen LogP contribution in [0.5, 0.6) is 0 Å². The zero-order chi connectivity index (χ0) is 16.2. The highest BCUT2D eigenvalue weighted by molar-refractivity contribution is 5.79. The van der Waals surface area contributed by atoms with Gasteiger partial charge >= 0.3 is 0 Å². The number of aryl methyl sites for hydroxylation is 1. The van der Waals surface area contributed by atoms with E-state index in [0.29, 0.717) is 5.92 Å². The Kier molecular flexibility index (Phi) is 9.31. The largest absolute Gasteiger partial charge is 0.385 e. The lowest BCUT2D eigenvalue weighted by Crippen LogP contribution is -2.38. The molecule has 4 heteroatoms. The number of hydrogen-bond acceptors (Lipinski definition) is 2. The summed E-state index contributed by atoms with van der Waals surface area (Å²) in [6, 6.07) is 8.97. The summed E-state index contributed by atoms with van der Waals surface area (Å²) in [5, 5.41) is 6.63. The monoisotopic (exact) mass is 305 g/mol. The summed E-state index contributed by atoms with van der Waals surface area (Å²) in [5.74, 6) is 1.47. The predicted molar refractivity (Wildman–Crippen MR) is 94.7 cm³/mol. The molecule has 2 N–H and O–H groups in total. The molecule has 0 bridgehead atoms. The van der Waals surface area contributed by atoms with E-state index in [1.165, 1.54) is 11.1 Å². The Hall–Kier alpha value is -1.55. The highest BCUT2D eigenvalue weighted by Crippen LogP contribution is 2.15. The van der Waals surface area contributed by atoms with E-state index in [1.54, 1.807) is 14.2 Å². The third kappa shape index (κ3) is 7.46. The van der Waals surface area contributed by atoms with E-state index < -0.39 is 0 Å². The van der Waals surface area contributed by atoms with E-state index in [4.69, 9.17) is 4.74 Å². The molecule has 0 amide bonds. The first kappa shape index (κ1) is 18.5. The van der Waals surface area contributed by atoms with E-state index in [2.05, 4.69) is 53.7 Å². The van der Waals surface area contributed by atoms with Crippen molar-refractivity contribution in [2.45, 2.75) is 39.0 Å². The lowest BCUT2D eigenvalue weighted by atomic mass is 10.0. The summed E-state index contributed by atoms with van der Waals surface area (Å²) in [4.78, 5) is 4.21. The fourth-order valence-corrected chi connectivity index (χ4v) is 2.21. The van der Waals surface area contributed by atoms with Crippen molar-refractivity contribution >= 4 is 5.96 Å². The van der Waals surface area contributed by atoms with Gasteiger partial charge in [-0.25, -0.2) is 0 Å². The smallest absolute Gasteiger partial charge is 0.190 e. The summed E-state index contributed by atoms with van der Waals surface area (Å²) in [6.45, 7) is 7.03. The van der Waals surface area contributed by atoms with Crippen molar-refractivity contribution in [2.75, 3.05) is 33.9 Å². The van der Waals surface area contributed by atoms with Gasteiger partial charge in [-0.15, -0.1) is 0 Å². The van der Waals surface area contributed by atoms with Gasteiger partial charge in [0.25, 0.3) is 0 Å². The number of benzene rings is 1. The molecule has 0 unspecified atom stereocenters. The van der Waals surface area contributed by atoms with E-state index in [1.807, 2.05) is 0 Å². The Morgan fingerprint density at radius 2 is 1.73 bits per heavy atom. The molecule has 1 aromatic rings. The van der Waals surface area contributed by atoms with Crippen LogP contribution in [0, 0.1) is 0 Å². The molecule has 0 saturated carbocycles. The van der Waals surface area contributed by atoms with Gasteiger partial charge in [0, 0.05) is 33.9 Å². The SMILES string of the molecule is CN=C(NCCCOC)NCCCc1ccc(C(C)C)cc1. The number of rotatable bonds is 9. The standard InChI is InChI=1S/C18H31N3O/c1-15(2)17-10-8-16(9-11-17)7-5-12-20-18(19-3)21-13-6-14-22-4/h8-11,15H,5-7,12-14H2,1-4H3,(H2,19,20,21). The first-order valence-electron chi connectivity index (χ1n) is 8.19. The van der Waals surface area contributed by atoms with Gasteiger partial charge in [-0.3, -0.25) is 4.99 Å². The molecule has 0 fully saturated rings. The van der Waals surface area contributed by atoms with Crippen molar-refractivity contribution < 1.29 is 4.74 Å². The van der Waals surface area contributed by atoms with E-state index >= 15 is 0 Å². The normalized spacial score (nSPS) is 11.8. The van der Waals surface area contributed by atoms with Crippen LogP contribution in [0.3, 0.4) is 0 Å². The van der Waals surface area contributed by atoms with Gasteiger partial charge in [0.05, 0.1) is 0 Å². The summed E-state index contributed by atoms with van der Waals surface area (Å²) < 4.78 is 5.03. The van der Waals surface area contributed by atoms with Gasteiger partial charge in [-0.1, -0.05) is 38.1 Å². The second-order valence-corrected chi connectivity index (χ2v) is 5.77. The maximum Gasteiger partial charge on any atom is 0.190 e. The molecule has 0 atom stereocenters. The minimum absolute atomic E-state index is 0.600. The summed E-state index contributed by atoms with van der Waals surface area (Å²) in [6.07, 6.45) is 3.17. The average Bonchev–Trinajstić information content (AvgIpc) is 2.53. The predicted octanol–water partition coefficient (Wildman–Crippen LogP) is 2.94. The Labute approximate surface area is 135 Å². The Morgan fingerprint density at radius 3 is 2.27 bits per heavy atom. The van der Waals surface area contributed by atoms with Gasteiger partial charge in [0.15, 0.2) is 5.96 Å². The summed E-state index contributed by atoms with van der Waals surface area (Å²) in [5.41, 5.74) is 2.80. The van der Waals surface area contributed by atoms with E-state index in [0.717, 1.165) is 44.9 Å². The fourth-order valence-electron chi connectivity index (χ4n) is 2.21. The van der Waals surface area contributed by atoms with Crippen LogP contribution in [-0.4, -0.2) is 39.8 Å². The minimum Gasteiger partial charge on any atom is -0.385 e. The zero-order valence-corrected chi connectivity index (χ0v) is 14.5. The van der Waals surface area contributed by atoms with Gasteiger partial charge < -0.3 is 15.4 Å². The van der Waals surface area contributed by atoms with Crippen molar-refractivity contribution in [3.8, 4) is 0 Å². The van der Waals surface area contributed by atoms with Crippen molar-refractivity contribution in [1.29, 1.82) is 0 Å². The van der Waals surface area contributed by atoms with Gasteiger partial charge in [-0.05, 0) is 36.3 Å². The molecule has 1 aromatic carbocycles. The molecule has 0 radical (unpaired) electrons. The zero-order valence-electron chi connectivity index (χ0n) is 14.5. The van der Waals surface area contributed by atoms with Crippen molar-refractivity contribution in [2.24, 2.45) is 4.99 Å². The number of nitrogens with one attached hydrogen (secondary N) is 2. The van der Waals surface area contributed by atoms with Crippen molar-refractivity contribution in [3.05, 3.63) is 35.4 Å². The van der Waals surface area contributed by atoms with Crippen molar-refractivity contribution in [3.63, 3.8) is 0 Å². The number of hydrogen-bond donors (Lipinski definition) is 2. The molecule has 0 aliphatic heterocycles. The quantitative estimate of drug-likeness (QED) is 0.419. The number of methoxy groups -OCH3 is 1. The highest BCUT2D eigenvalue weighted by atomic mass is 16.5. The first-order chi connectivity index (χ1) is 10.7. The lowest BCUT2D eigenvalue weighted by molar-refractivity contribution is 0.195. The molecule has 0 aromatic heterocycles. The molecule has 22 heavy (non-hydrogen) atoms. The number of nitrogens with zero attached hydrogens (tertiary/aromatic N) is 1. The lowest BCUT2D eigenvalue weighted by Gasteiger charge is -2.12. The molecule has 1 rings (SSSR count). The second kappa shape index (κ2) is 11.1. The van der Waals surface area contributed by atoms with Crippen LogP contribution in [-0.2, 0) is 11.2 Å². The first-order valence-corrected chi connectivity index (χ1v) is 8.19. The van der Waals surface area contributed by atoms with Crippen LogP contribution in [0.25, 0.3) is 0 Å². The van der Waals surface area contributed by atoms with Crippen molar-refractivity contribution in [1.82, 2.24) is 10.6 Å². The van der Waals surface area contributed by atoms with Gasteiger partial charge in [0.2, 0.25) is 0 Å². The Morgan fingerprint density at radius 1 is 1.09 bits per heavy atom. The summed E-state index contributed by atoms with van der Waals surface area (Å²) >= 11 is 0. The molecule has 124 valence electrons. The van der Waals surface area contributed by atoms with Crippen LogP contribution in [0.15, 0.2) is 29.3 Å². The molecular formula is C18H31N3O. The molecule has 0 saturated heterocycles. The number of aliphatic imine (C=N–C) groups is 1. The summed E-state index contributed by atoms with van der Waals surface area (Å²) in [7, 11) is 3.52. The minimum atomic E-state index is 0.600.